The standard InChI is InChI=1S/C43H46N6O11S/c1-6-47-19-20-48(38(54)37(47)53)42(57)46-31(29-18-17-27(21-30(29)44)40(55)60-43(3,4)5)35(51)45-32-36(52)49-33(28(22-58-24(2)50)23-61-39(32)49)41(56)59-34(25-13-9-7-10-14-25)26-15-11-8-12-16-26/h7-18,21,31-32,34,39H,6,19-20,22-23,44H2,1-5H3,(H,45,51)(H,46,57)/t31-,32-,39-/m1/s1. The third-order valence-corrected chi connectivity index (χ3v) is 11.3. The van der Waals surface area contributed by atoms with Gasteiger partial charge in [-0.1, -0.05) is 66.7 Å². The van der Waals surface area contributed by atoms with E-state index in [2.05, 4.69) is 10.6 Å². The quantitative estimate of drug-likeness (QED) is 0.0784. The zero-order chi connectivity index (χ0) is 44.2. The lowest BCUT2D eigenvalue weighted by Crippen LogP contribution is -2.71. The SMILES string of the molecule is CCN1CCN(C(=O)N[C@@H](C(=O)N[C@@H]2C(=O)N3C(C(=O)OC(c4ccccc4)c4ccccc4)=C(COC(C)=O)CS[C@H]23)c2ccc(C(=O)OC(C)(C)C)cc2N)C(=O)C1=O. The molecule has 320 valence electrons. The molecular weight excluding hydrogens is 809 g/mol. The smallest absolute Gasteiger partial charge is 0.356 e. The van der Waals surface area contributed by atoms with Crippen molar-refractivity contribution in [1.82, 2.24) is 25.3 Å². The largest absolute Gasteiger partial charge is 0.461 e. The van der Waals surface area contributed by atoms with Gasteiger partial charge >= 0.3 is 35.8 Å². The highest BCUT2D eigenvalue weighted by atomic mass is 32.2. The van der Waals surface area contributed by atoms with Gasteiger partial charge in [-0.2, -0.15) is 0 Å². The van der Waals surface area contributed by atoms with Crippen molar-refractivity contribution in [3.8, 4) is 0 Å². The molecule has 0 saturated carbocycles. The summed E-state index contributed by atoms with van der Waals surface area (Å²) in [5.41, 5.74) is 7.02. The van der Waals surface area contributed by atoms with Crippen LogP contribution < -0.4 is 16.4 Å². The van der Waals surface area contributed by atoms with Gasteiger partial charge in [0.15, 0.2) is 6.10 Å². The fraction of sp³-hybridized carbons (Fsp3) is 0.349. The molecule has 17 nitrogen and oxygen atoms in total. The number of hydrogen-bond donors (Lipinski definition) is 3. The van der Waals surface area contributed by atoms with Gasteiger partial charge in [-0.15, -0.1) is 11.8 Å². The number of amides is 6. The number of nitrogens with one attached hydrogen (secondary N) is 2. The van der Waals surface area contributed by atoms with Crippen LogP contribution in [-0.2, 0) is 43.0 Å². The van der Waals surface area contributed by atoms with Gasteiger partial charge in [0.2, 0.25) is 5.91 Å². The van der Waals surface area contributed by atoms with Crippen LogP contribution in [0.1, 0.15) is 73.8 Å². The molecule has 0 radical (unpaired) electrons. The van der Waals surface area contributed by atoms with E-state index in [4.69, 9.17) is 19.9 Å². The summed E-state index contributed by atoms with van der Waals surface area (Å²) in [4.78, 5) is 110. The first-order chi connectivity index (χ1) is 29.0. The maximum Gasteiger partial charge on any atom is 0.356 e. The molecule has 3 aromatic rings. The second-order valence-corrected chi connectivity index (χ2v) is 16.4. The lowest BCUT2D eigenvalue weighted by atomic mass is 9.98. The van der Waals surface area contributed by atoms with Crippen LogP contribution in [0.4, 0.5) is 10.5 Å². The number of urea groups is 1. The molecule has 61 heavy (non-hydrogen) atoms. The first kappa shape index (κ1) is 43.9. The molecule has 0 aliphatic carbocycles. The van der Waals surface area contributed by atoms with Crippen molar-refractivity contribution in [2.45, 2.75) is 63.8 Å². The third-order valence-electron chi connectivity index (χ3n) is 9.92. The molecule has 4 N–H and O–H groups in total. The van der Waals surface area contributed by atoms with E-state index in [0.29, 0.717) is 21.6 Å². The van der Waals surface area contributed by atoms with Crippen molar-refractivity contribution in [3.05, 3.63) is 112 Å². The van der Waals surface area contributed by atoms with Crippen LogP contribution in [0.25, 0.3) is 0 Å². The van der Waals surface area contributed by atoms with E-state index < -0.39 is 76.7 Å². The Labute approximate surface area is 355 Å². The fourth-order valence-corrected chi connectivity index (χ4v) is 8.24. The number of piperazine rings is 1. The number of nitrogen functional groups attached to an aromatic ring is 1. The number of imide groups is 1. The average molecular weight is 855 g/mol. The van der Waals surface area contributed by atoms with Gasteiger partial charge in [0.05, 0.1) is 5.56 Å². The van der Waals surface area contributed by atoms with Crippen LogP contribution in [0.5, 0.6) is 0 Å². The number of anilines is 1. The molecule has 0 bridgehead atoms. The number of fused-ring (bicyclic) bond motifs is 1. The minimum atomic E-state index is -1.65. The van der Waals surface area contributed by atoms with Gasteiger partial charge in [-0.3, -0.25) is 33.8 Å². The zero-order valence-electron chi connectivity index (χ0n) is 34.2. The van der Waals surface area contributed by atoms with E-state index in [-0.39, 0.29) is 54.5 Å². The van der Waals surface area contributed by atoms with Crippen molar-refractivity contribution in [2.75, 3.05) is 37.7 Å². The van der Waals surface area contributed by atoms with Crippen LogP contribution in [0.3, 0.4) is 0 Å². The highest BCUT2D eigenvalue weighted by molar-refractivity contribution is 8.00. The number of nitrogens with two attached hydrogens (primary N) is 1. The van der Waals surface area contributed by atoms with E-state index in [1.165, 1.54) is 46.7 Å². The number of hydrogen-bond acceptors (Lipinski definition) is 13. The predicted octanol–water partition coefficient (Wildman–Crippen LogP) is 3.22. The highest BCUT2D eigenvalue weighted by Gasteiger charge is 2.55. The number of carbonyl (C=O) groups is 8. The van der Waals surface area contributed by atoms with Gasteiger partial charge in [-0.05, 0) is 51.0 Å². The molecule has 6 rings (SSSR count). The second kappa shape index (κ2) is 18.3. The number of benzene rings is 3. The number of β-lactam (4-membered cyclic amide) rings is 1. The monoisotopic (exact) mass is 854 g/mol. The Morgan fingerprint density at radius 2 is 1.52 bits per heavy atom. The number of carbonyl (C=O) groups excluding carboxylic acids is 8. The third kappa shape index (κ3) is 9.70. The lowest BCUT2D eigenvalue weighted by Gasteiger charge is -2.50. The molecular formula is C43H46N6O11S. The number of ether oxygens (including phenoxy) is 3. The number of esters is 3. The Balaban J connectivity index is 1.28. The Morgan fingerprint density at radius 1 is 0.885 bits per heavy atom. The minimum Gasteiger partial charge on any atom is -0.461 e. The fourth-order valence-electron chi connectivity index (χ4n) is 6.91. The maximum absolute atomic E-state index is 14.3. The highest BCUT2D eigenvalue weighted by Crippen LogP contribution is 2.42. The molecule has 3 heterocycles. The van der Waals surface area contributed by atoms with Crippen molar-refractivity contribution < 1.29 is 52.6 Å². The van der Waals surface area contributed by atoms with Crippen LogP contribution >= 0.6 is 11.8 Å². The zero-order valence-corrected chi connectivity index (χ0v) is 35.0. The molecule has 3 aromatic carbocycles. The van der Waals surface area contributed by atoms with Crippen LogP contribution in [0.15, 0.2) is 90.1 Å². The number of nitrogens with zero attached hydrogens (tertiary/aromatic N) is 3. The average Bonchev–Trinajstić information content (AvgIpc) is 3.23. The molecule has 3 atom stereocenters. The van der Waals surface area contributed by atoms with Crippen molar-refractivity contribution in [3.63, 3.8) is 0 Å². The van der Waals surface area contributed by atoms with Gasteiger partial charge in [0.1, 0.15) is 35.4 Å². The summed E-state index contributed by atoms with van der Waals surface area (Å²) in [6, 6.07) is 18.0. The molecule has 6 amide bonds. The van der Waals surface area contributed by atoms with Gasteiger partial charge in [0.25, 0.3) is 5.91 Å². The maximum atomic E-state index is 14.3. The van der Waals surface area contributed by atoms with Crippen molar-refractivity contribution in [1.29, 1.82) is 0 Å². The summed E-state index contributed by atoms with van der Waals surface area (Å²) >= 11 is 1.19. The van der Waals surface area contributed by atoms with Crippen molar-refractivity contribution >= 4 is 65.0 Å². The Kier molecular flexibility index (Phi) is 13.2. The van der Waals surface area contributed by atoms with E-state index in [1.54, 1.807) is 76.2 Å². The van der Waals surface area contributed by atoms with Crippen LogP contribution in [-0.4, -0.2) is 111 Å². The van der Waals surface area contributed by atoms with Gasteiger partial charge in [0, 0.05) is 49.1 Å². The Hall–Kier alpha value is -6.69. The van der Waals surface area contributed by atoms with E-state index in [1.807, 2.05) is 12.1 Å². The second-order valence-electron chi connectivity index (χ2n) is 15.3. The summed E-state index contributed by atoms with van der Waals surface area (Å²) < 4.78 is 16.8. The normalized spacial score (nSPS) is 18.2. The van der Waals surface area contributed by atoms with E-state index in [0.717, 1.165) is 0 Å². The molecule has 0 aromatic heterocycles. The Morgan fingerprint density at radius 3 is 2.10 bits per heavy atom. The molecule has 0 unspecified atom stereocenters. The molecule has 3 aliphatic rings. The number of thioether (sulfide) groups is 1. The summed E-state index contributed by atoms with van der Waals surface area (Å²) in [6.45, 7) is 7.82. The molecule has 0 spiro atoms. The first-order valence-corrected chi connectivity index (χ1v) is 20.5. The molecule has 18 heteroatoms. The summed E-state index contributed by atoms with van der Waals surface area (Å²) in [5.74, 6) is -5.69. The van der Waals surface area contributed by atoms with Crippen LogP contribution in [0.2, 0.25) is 0 Å². The summed E-state index contributed by atoms with van der Waals surface area (Å²) in [6.07, 6.45) is -0.874. The molecule has 2 saturated heterocycles. The van der Waals surface area contributed by atoms with Crippen LogP contribution in [0, 0.1) is 0 Å². The van der Waals surface area contributed by atoms with E-state index in [9.17, 15) is 38.4 Å². The van der Waals surface area contributed by atoms with Gasteiger partial charge in [-0.25, -0.2) is 14.4 Å². The first-order valence-electron chi connectivity index (χ1n) is 19.4. The number of rotatable bonds is 12. The summed E-state index contributed by atoms with van der Waals surface area (Å²) in [7, 11) is 0. The predicted molar refractivity (Wildman–Crippen MR) is 221 cm³/mol. The minimum absolute atomic E-state index is 0.00440. The molecule has 2 fully saturated rings. The van der Waals surface area contributed by atoms with Gasteiger partial charge < -0.3 is 35.5 Å². The number of likely N-dealkylation sites (N-methyl/N-ethyl adjacent to an activating group) is 1. The Bertz CT molecular complexity index is 2240. The van der Waals surface area contributed by atoms with Crippen molar-refractivity contribution in [2.24, 2.45) is 0 Å². The van der Waals surface area contributed by atoms with E-state index >= 15 is 0 Å². The topological polar surface area (TPSA) is 224 Å². The summed E-state index contributed by atoms with van der Waals surface area (Å²) in [5, 5.41) is 4.31. The molecule has 3 aliphatic heterocycles. The lowest BCUT2D eigenvalue weighted by molar-refractivity contribution is -0.155.